The molecule has 0 N–H and O–H groups in total. The molecule has 0 aromatic rings. The SMILES string of the molecule is CCCCC[CH2][Mg][CH2]C.Cl. The first kappa shape index (κ1) is 13.6. The molecule has 0 aromatic heterocycles. The molecule has 0 saturated heterocycles. The van der Waals surface area contributed by atoms with E-state index in [1.807, 2.05) is 0 Å². The molecule has 0 fully saturated rings. The lowest BCUT2D eigenvalue weighted by Gasteiger charge is -1.94. The van der Waals surface area contributed by atoms with Gasteiger partial charge in [-0.05, 0) is 0 Å². The predicted octanol–water partition coefficient (Wildman–Crippen LogP) is 3.55. The van der Waals surface area contributed by atoms with Gasteiger partial charge in [-0.3, -0.25) is 0 Å². The van der Waals surface area contributed by atoms with Crippen LogP contribution in [0.2, 0.25) is 9.10 Å². The van der Waals surface area contributed by atoms with Gasteiger partial charge in [-0.1, -0.05) is 39.5 Å². The molecule has 0 atom stereocenters. The minimum atomic E-state index is 0. The van der Waals surface area contributed by atoms with Gasteiger partial charge in [0.2, 0.25) is 0 Å². The van der Waals surface area contributed by atoms with Gasteiger partial charge in [-0.2, -0.15) is 0 Å². The maximum absolute atomic E-state index is 2.33. The summed E-state index contributed by atoms with van der Waals surface area (Å²) in [4.78, 5) is 0. The summed E-state index contributed by atoms with van der Waals surface area (Å²) in [6.07, 6.45) is 5.85. The van der Waals surface area contributed by atoms with E-state index in [0.29, 0.717) is 20.4 Å². The highest BCUT2D eigenvalue weighted by molar-refractivity contribution is 6.35. The molecular weight excluding hydrogens is 156 g/mol. The molecule has 0 heterocycles. The van der Waals surface area contributed by atoms with E-state index in [9.17, 15) is 0 Å². The first-order valence-corrected chi connectivity index (χ1v) is 6.41. The summed E-state index contributed by atoms with van der Waals surface area (Å²) in [5.74, 6) is 0. The smallest absolute Gasteiger partial charge is 0.149 e. The fourth-order valence-electron chi connectivity index (χ4n) is 1.03. The van der Waals surface area contributed by atoms with Crippen LogP contribution in [0.1, 0.15) is 39.5 Å². The Kier molecular flexibility index (Phi) is 17.3. The summed E-state index contributed by atoms with van der Waals surface area (Å²) in [5, 5.41) is 0. The Bertz CT molecular complexity index is 42.5. The third-order valence-corrected chi connectivity index (χ3v) is 3.41. The predicted molar refractivity (Wildman–Crippen MR) is 52.4 cm³/mol. The summed E-state index contributed by atoms with van der Waals surface area (Å²) >= 11 is 0.394. The summed E-state index contributed by atoms with van der Waals surface area (Å²) in [5.41, 5.74) is 0. The number of rotatable bonds is 6. The van der Waals surface area contributed by atoms with Crippen molar-refractivity contribution in [3.8, 4) is 0 Å². The molecule has 2 heteroatoms. The van der Waals surface area contributed by atoms with Crippen molar-refractivity contribution in [1.29, 1.82) is 0 Å². The van der Waals surface area contributed by atoms with Crippen LogP contribution in [0, 0.1) is 0 Å². The van der Waals surface area contributed by atoms with E-state index in [2.05, 4.69) is 13.8 Å². The number of unbranched alkanes of at least 4 members (excludes halogenated alkanes) is 3. The van der Waals surface area contributed by atoms with Crippen molar-refractivity contribution in [2.24, 2.45) is 0 Å². The molecule has 0 spiro atoms. The number of hydrogen-bond acceptors (Lipinski definition) is 0. The van der Waals surface area contributed by atoms with Gasteiger partial charge in [0, 0.05) is 0 Å². The highest BCUT2D eigenvalue weighted by atomic mass is 35.5. The molecule has 0 amide bonds. The molecule has 0 saturated carbocycles. The highest BCUT2D eigenvalue weighted by Gasteiger charge is 1.90. The number of hydrogen-bond donors (Lipinski definition) is 0. The maximum atomic E-state index is 2.33. The van der Waals surface area contributed by atoms with Crippen LogP contribution < -0.4 is 0 Å². The molecule has 0 rings (SSSR count). The fourth-order valence-corrected chi connectivity index (χ4v) is 2.24. The van der Waals surface area contributed by atoms with Gasteiger partial charge in [0.15, 0.2) is 0 Å². The van der Waals surface area contributed by atoms with Gasteiger partial charge >= 0.3 is 20.4 Å². The Hall–Kier alpha value is 1.06. The van der Waals surface area contributed by atoms with Crippen LogP contribution in [0.3, 0.4) is 0 Å². The van der Waals surface area contributed by atoms with Crippen molar-refractivity contribution < 1.29 is 0 Å². The van der Waals surface area contributed by atoms with Gasteiger partial charge in [0.25, 0.3) is 0 Å². The van der Waals surface area contributed by atoms with E-state index in [1.165, 1.54) is 30.2 Å². The van der Waals surface area contributed by atoms with Crippen LogP contribution in [0.4, 0.5) is 0 Å². The van der Waals surface area contributed by atoms with E-state index in [-0.39, 0.29) is 12.4 Å². The zero-order valence-electron chi connectivity index (χ0n) is 7.36. The summed E-state index contributed by atoms with van der Waals surface area (Å²) in [6.45, 7) is 4.60. The second-order valence-corrected chi connectivity index (χ2v) is 5.18. The van der Waals surface area contributed by atoms with Crippen LogP contribution in [0.15, 0.2) is 0 Å². The number of halogens is 1. The summed E-state index contributed by atoms with van der Waals surface area (Å²) in [6, 6.07) is 0. The maximum Gasteiger partial charge on any atom is 0.363 e. The van der Waals surface area contributed by atoms with E-state index in [1.54, 1.807) is 4.55 Å². The third-order valence-electron chi connectivity index (χ3n) is 1.71. The van der Waals surface area contributed by atoms with E-state index in [4.69, 9.17) is 0 Å². The molecule has 0 unspecified atom stereocenters. The minimum absolute atomic E-state index is 0. The quantitative estimate of drug-likeness (QED) is 0.427. The Morgan fingerprint density at radius 3 is 2.20 bits per heavy atom. The van der Waals surface area contributed by atoms with E-state index in [0.717, 1.165) is 0 Å². The Labute approximate surface area is 81.3 Å². The highest BCUT2D eigenvalue weighted by Crippen LogP contribution is 2.02. The molecule has 0 aliphatic heterocycles. The largest absolute Gasteiger partial charge is 0.363 e. The van der Waals surface area contributed by atoms with Crippen LogP contribution in [0.25, 0.3) is 0 Å². The molecule has 0 aromatic carbocycles. The van der Waals surface area contributed by atoms with E-state index < -0.39 is 0 Å². The van der Waals surface area contributed by atoms with E-state index >= 15 is 0 Å². The van der Waals surface area contributed by atoms with Gasteiger partial charge in [0.05, 0.1) is 0 Å². The first-order chi connectivity index (χ1) is 4.41. The Morgan fingerprint density at radius 2 is 1.70 bits per heavy atom. The molecule has 0 radical (unpaired) electrons. The molecule has 0 nitrogen and oxygen atoms in total. The first-order valence-electron chi connectivity index (χ1n) is 4.41. The van der Waals surface area contributed by atoms with Crippen LogP contribution >= 0.6 is 12.4 Å². The normalized spacial score (nSPS) is 8.20. The minimum Gasteiger partial charge on any atom is -0.149 e. The van der Waals surface area contributed by atoms with Crippen LogP contribution in [-0.2, 0) is 0 Å². The summed E-state index contributed by atoms with van der Waals surface area (Å²) in [7, 11) is 0. The standard InChI is InChI=1S/C6H13.C2H5.ClH.Mg/c1-3-5-6-4-2;1-2;;/h1,3-6H2,2H3;1H2,2H3;1H;. The van der Waals surface area contributed by atoms with Crippen molar-refractivity contribution in [3.63, 3.8) is 0 Å². The van der Waals surface area contributed by atoms with Crippen molar-refractivity contribution in [2.45, 2.75) is 48.6 Å². The zero-order valence-corrected chi connectivity index (χ0v) is 9.59. The molecule has 0 aliphatic rings. The lowest BCUT2D eigenvalue weighted by atomic mass is 10.2. The van der Waals surface area contributed by atoms with Gasteiger partial charge < -0.3 is 0 Å². The van der Waals surface area contributed by atoms with Crippen LogP contribution in [-0.4, -0.2) is 20.4 Å². The Balaban J connectivity index is 0. The average Bonchev–Trinajstić information content (AvgIpc) is 1.89. The second kappa shape index (κ2) is 12.7. The molecule has 60 valence electrons. The second-order valence-electron chi connectivity index (χ2n) is 2.77. The van der Waals surface area contributed by atoms with Crippen molar-refractivity contribution in [2.75, 3.05) is 0 Å². The molecular formula is C8H19ClMg. The average molecular weight is 175 g/mol. The molecule has 0 bridgehead atoms. The fraction of sp³-hybridized carbons (Fsp3) is 1.00. The molecule has 0 aliphatic carbocycles. The molecule has 10 heavy (non-hydrogen) atoms. The lowest BCUT2D eigenvalue weighted by Crippen LogP contribution is -1.85. The summed E-state index contributed by atoms with van der Waals surface area (Å²) < 4.78 is 3.10. The monoisotopic (exact) mass is 174 g/mol. The van der Waals surface area contributed by atoms with Gasteiger partial charge in [-0.15, -0.1) is 21.5 Å². The third kappa shape index (κ3) is 11.8. The van der Waals surface area contributed by atoms with Gasteiger partial charge in [-0.25, -0.2) is 0 Å². The van der Waals surface area contributed by atoms with Crippen molar-refractivity contribution >= 4 is 32.8 Å². The zero-order chi connectivity index (χ0) is 6.95. The lowest BCUT2D eigenvalue weighted by molar-refractivity contribution is 0.700. The topological polar surface area (TPSA) is 0 Å². The van der Waals surface area contributed by atoms with Crippen molar-refractivity contribution in [3.05, 3.63) is 0 Å². The van der Waals surface area contributed by atoms with Crippen LogP contribution in [0.5, 0.6) is 0 Å². The Morgan fingerprint density at radius 1 is 1.00 bits per heavy atom. The van der Waals surface area contributed by atoms with Gasteiger partial charge in [0.1, 0.15) is 0 Å². The van der Waals surface area contributed by atoms with Crippen molar-refractivity contribution in [1.82, 2.24) is 0 Å².